The molecule has 2 rings (SSSR count). The van der Waals surface area contributed by atoms with Crippen LogP contribution in [0, 0.1) is 0 Å². The molecule has 2 atom stereocenters. The Hall–Kier alpha value is -1.76. The number of carbonyl (C=O) groups excluding carboxylic acids is 1. The molecule has 128 valence electrons. The maximum atomic E-state index is 12.6. The van der Waals surface area contributed by atoms with E-state index < -0.39 is 23.4 Å². The first kappa shape index (κ1) is 17.6. The standard InChI is InChI=1S/C16H20F3NO3/c1-15(2,3)23-14(21)20-12(13-9-22-13)8-10-4-6-11(7-5-10)16(17,18)19/h4-7,12-13H,8-9H2,1-3H3,(H,20,21)/t12-,13+/m0/s1. The number of hydrogen-bond donors (Lipinski definition) is 1. The van der Waals surface area contributed by atoms with E-state index in [4.69, 9.17) is 9.47 Å². The largest absolute Gasteiger partial charge is 0.444 e. The van der Waals surface area contributed by atoms with Crippen molar-refractivity contribution in [2.45, 2.75) is 51.1 Å². The third-order valence-corrected chi connectivity index (χ3v) is 3.25. The Bertz CT molecular complexity index is 545. The van der Waals surface area contributed by atoms with Crippen molar-refractivity contribution in [1.82, 2.24) is 5.32 Å². The molecule has 0 unspecified atom stereocenters. The van der Waals surface area contributed by atoms with Crippen molar-refractivity contribution in [1.29, 1.82) is 0 Å². The smallest absolute Gasteiger partial charge is 0.416 e. The molecule has 1 fully saturated rings. The van der Waals surface area contributed by atoms with Crippen molar-refractivity contribution in [3.63, 3.8) is 0 Å². The molecule has 1 aromatic carbocycles. The van der Waals surface area contributed by atoms with E-state index in [-0.39, 0.29) is 12.1 Å². The molecule has 1 saturated heterocycles. The second-order valence-electron chi connectivity index (χ2n) is 6.52. The number of alkyl carbamates (subject to hydrolysis) is 1. The fourth-order valence-electron chi connectivity index (χ4n) is 2.11. The van der Waals surface area contributed by atoms with Crippen LogP contribution in [0.4, 0.5) is 18.0 Å². The van der Waals surface area contributed by atoms with Gasteiger partial charge in [-0.25, -0.2) is 4.79 Å². The number of hydrogen-bond acceptors (Lipinski definition) is 3. The zero-order valence-electron chi connectivity index (χ0n) is 13.2. The van der Waals surface area contributed by atoms with Gasteiger partial charge >= 0.3 is 12.3 Å². The van der Waals surface area contributed by atoms with E-state index in [9.17, 15) is 18.0 Å². The second-order valence-corrected chi connectivity index (χ2v) is 6.52. The van der Waals surface area contributed by atoms with Gasteiger partial charge in [0.15, 0.2) is 0 Å². The van der Waals surface area contributed by atoms with E-state index in [1.54, 1.807) is 20.8 Å². The highest BCUT2D eigenvalue weighted by atomic mass is 19.4. The van der Waals surface area contributed by atoms with Crippen molar-refractivity contribution in [3.8, 4) is 0 Å². The van der Waals surface area contributed by atoms with Gasteiger partial charge in [0.05, 0.1) is 18.2 Å². The van der Waals surface area contributed by atoms with Gasteiger partial charge < -0.3 is 14.8 Å². The van der Waals surface area contributed by atoms with Crippen LogP contribution in [0.3, 0.4) is 0 Å². The summed E-state index contributed by atoms with van der Waals surface area (Å²) >= 11 is 0. The lowest BCUT2D eigenvalue weighted by atomic mass is 10.0. The summed E-state index contributed by atoms with van der Waals surface area (Å²) in [5.74, 6) is 0. The van der Waals surface area contributed by atoms with Crippen molar-refractivity contribution in [3.05, 3.63) is 35.4 Å². The van der Waals surface area contributed by atoms with Gasteiger partial charge in [-0.1, -0.05) is 12.1 Å². The van der Waals surface area contributed by atoms with Gasteiger partial charge in [0.2, 0.25) is 0 Å². The Kier molecular flexibility index (Phi) is 4.89. The third-order valence-electron chi connectivity index (χ3n) is 3.25. The first-order valence-electron chi connectivity index (χ1n) is 7.32. The van der Waals surface area contributed by atoms with Crippen LogP contribution in [0.25, 0.3) is 0 Å². The summed E-state index contributed by atoms with van der Waals surface area (Å²) in [7, 11) is 0. The quantitative estimate of drug-likeness (QED) is 0.859. The van der Waals surface area contributed by atoms with Crippen molar-refractivity contribution in [2.24, 2.45) is 0 Å². The lowest BCUT2D eigenvalue weighted by molar-refractivity contribution is -0.137. The van der Waals surface area contributed by atoms with Crippen molar-refractivity contribution < 1.29 is 27.4 Å². The lowest BCUT2D eigenvalue weighted by Gasteiger charge is -2.23. The number of rotatable bonds is 4. The molecule has 0 bridgehead atoms. The maximum Gasteiger partial charge on any atom is 0.416 e. The van der Waals surface area contributed by atoms with Crippen molar-refractivity contribution in [2.75, 3.05) is 6.61 Å². The van der Waals surface area contributed by atoms with E-state index in [2.05, 4.69) is 5.32 Å². The molecule has 1 amide bonds. The van der Waals surface area contributed by atoms with Gasteiger partial charge in [0, 0.05) is 0 Å². The predicted molar refractivity (Wildman–Crippen MR) is 78.0 cm³/mol. The molecule has 0 aromatic heterocycles. The highest BCUT2D eigenvalue weighted by molar-refractivity contribution is 5.68. The number of halogens is 3. The molecule has 1 aliphatic rings. The Morgan fingerprint density at radius 3 is 2.30 bits per heavy atom. The average Bonchev–Trinajstić information content (AvgIpc) is 3.19. The minimum Gasteiger partial charge on any atom is -0.444 e. The van der Waals surface area contributed by atoms with Crippen LogP contribution in [0.2, 0.25) is 0 Å². The molecule has 23 heavy (non-hydrogen) atoms. The normalized spacial score (nSPS) is 19.1. The van der Waals surface area contributed by atoms with Crippen LogP contribution in [0.5, 0.6) is 0 Å². The predicted octanol–water partition coefficient (Wildman–Crippen LogP) is 3.54. The summed E-state index contributed by atoms with van der Waals surface area (Å²) in [5, 5.41) is 2.72. The van der Waals surface area contributed by atoms with Gasteiger partial charge in [-0.05, 0) is 44.9 Å². The summed E-state index contributed by atoms with van der Waals surface area (Å²) in [6, 6.07) is 4.56. The van der Waals surface area contributed by atoms with Crippen LogP contribution in [0.15, 0.2) is 24.3 Å². The fourth-order valence-corrected chi connectivity index (χ4v) is 2.11. The first-order valence-corrected chi connectivity index (χ1v) is 7.32. The monoisotopic (exact) mass is 331 g/mol. The molecule has 1 aromatic rings. The van der Waals surface area contributed by atoms with Crippen molar-refractivity contribution >= 4 is 6.09 Å². The minimum atomic E-state index is -4.35. The topological polar surface area (TPSA) is 50.9 Å². The zero-order chi connectivity index (χ0) is 17.3. The minimum absolute atomic E-state index is 0.134. The summed E-state index contributed by atoms with van der Waals surface area (Å²) < 4.78 is 48.1. The van der Waals surface area contributed by atoms with E-state index >= 15 is 0 Å². The molecule has 0 aliphatic carbocycles. The molecule has 7 heteroatoms. The second kappa shape index (κ2) is 6.39. The van der Waals surface area contributed by atoms with Crippen LogP contribution in [-0.2, 0) is 22.1 Å². The van der Waals surface area contributed by atoms with Crippen LogP contribution >= 0.6 is 0 Å². The van der Waals surface area contributed by atoms with E-state index in [1.165, 1.54) is 12.1 Å². The summed E-state index contributed by atoms with van der Waals surface area (Å²) in [6.07, 6.45) is -4.68. The number of amides is 1. The van der Waals surface area contributed by atoms with Crippen LogP contribution in [-0.4, -0.2) is 30.4 Å². The van der Waals surface area contributed by atoms with Gasteiger partial charge in [-0.15, -0.1) is 0 Å². The molecule has 4 nitrogen and oxygen atoms in total. The molecule has 1 aliphatic heterocycles. The molecule has 0 spiro atoms. The maximum absolute atomic E-state index is 12.6. The highest BCUT2D eigenvalue weighted by Gasteiger charge is 2.35. The van der Waals surface area contributed by atoms with Gasteiger partial charge in [0.1, 0.15) is 11.7 Å². The Balaban J connectivity index is 1.98. The number of ether oxygens (including phenoxy) is 2. The molecule has 1 heterocycles. The van der Waals surface area contributed by atoms with Gasteiger partial charge in [-0.3, -0.25) is 0 Å². The summed E-state index contributed by atoms with van der Waals surface area (Å²) in [6.45, 7) is 5.78. The van der Waals surface area contributed by atoms with E-state index in [0.29, 0.717) is 18.6 Å². The molecule has 0 radical (unpaired) electrons. The van der Waals surface area contributed by atoms with Gasteiger partial charge in [0.25, 0.3) is 0 Å². The average molecular weight is 331 g/mol. The van der Waals surface area contributed by atoms with E-state index in [0.717, 1.165) is 12.1 Å². The fraction of sp³-hybridized carbons (Fsp3) is 0.562. The Morgan fingerprint density at radius 1 is 1.30 bits per heavy atom. The van der Waals surface area contributed by atoms with Gasteiger partial charge in [-0.2, -0.15) is 13.2 Å². The zero-order valence-corrected chi connectivity index (χ0v) is 13.2. The highest BCUT2D eigenvalue weighted by Crippen LogP contribution is 2.29. The van der Waals surface area contributed by atoms with E-state index in [1.807, 2.05) is 0 Å². The first-order chi connectivity index (χ1) is 10.5. The number of benzene rings is 1. The molecule has 0 saturated carbocycles. The number of alkyl halides is 3. The SMILES string of the molecule is CC(C)(C)OC(=O)N[C@@H](Cc1ccc(C(F)(F)F)cc1)[C@H]1CO1. The summed E-state index contributed by atoms with van der Waals surface area (Å²) in [4.78, 5) is 11.8. The lowest BCUT2D eigenvalue weighted by Crippen LogP contribution is -2.43. The third kappa shape index (κ3) is 5.74. The number of carbonyl (C=O) groups is 1. The summed E-state index contributed by atoms with van der Waals surface area (Å²) in [5.41, 5.74) is -0.622. The Labute approximate surface area is 133 Å². The Morgan fingerprint density at radius 2 is 1.87 bits per heavy atom. The van der Waals surface area contributed by atoms with Crippen LogP contribution < -0.4 is 5.32 Å². The number of nitrogens with one attached hydrogen (secondary N) is 1. The molecular weight excluding hydrogens is 311 g/mol. The van der Waals surface area contributed by atoms with Crippen LogP contribution in [0.1, 0.15) is 31.9 Å². The molecular formula is C16H20F3NO3. The number of epoxide rings is 1. The molecule has 1 N–H and O–H groups in total.